The Labute approximate surface area is 108 Å². The Morgan fingerprint density at radius 2 is 2.17 bits per heavy atom. The summed E-state index contributed by atoms with van der Waals surface area (Å²) in [7, 11) is 3.56. The third-order valence-corrected chi connectivity index (χ3v) is 2.71. The first kappa shape index (κ1) is 15.1. The van der Waals surface area contributed by atoms with Crippen molar-refractivity contribution in [3.63, 3.8) is 0 Å². The van der Waals surface area contributed by atoms with Crippen molar-refractivity contribution in [3.05, 3.63) is 11.7 Å². The van der Waals surface area contributed by atoms with Crippen LogP contribution in [0.2, 0.25) is 0 Å². The van der Waals surface area contributed by atoms with Crippen LogP contribution < -0.4 is 5.32 Å². The smallest absolute Gasteiger partial charge is 0.228 e. The van der Waals surface area contributed by atoms with Crippen LogP contribution in [0.5, 0.6) is 0 Å². The van der Waals surface area contributed by atoms with Crippen LogP contribution in [0.15, 0.2) is 4.52 Å². The van der Waals surface area contributed by atoms with Crippen LogP contribution in [0.4, 0.5) is 0 Å². The van der Waals surface area contributed by atoms with Gasteiger partial charge in [0, 0.05) is 26.2 Å². The lowest BCUT2D eigenvalue weighted by Gasteiger charge is -2.12. The minimum atomic E-state index is -0.0806. The number of aromatic nitrogens is 2. The normalized spacial score (nSPS) is 14.7. The molecular weight excluding hydrogens is 234 g/mol. The Bertz CT molecular complexity index is 330. The van der Waals surface area contributed by atoms with E-state index < -0.39 is 0 Å². The van der Waals surface area contributed by atoms with E-state index >= 15 is 0 Å². The molecule has 2 atom stereocenters. The van der Waals surface area contributed by atoms with Gasteiger partial charge in [0.25, 0.3) is 0 Å². The van der Waals surface area contributed by atoms with Crippen LogP contribution in [0, 0.1) is 0 Å². The number of methoxy groups -OCH3 is 1. The van der Waals surface area contributed by atoms with Crippen LogP contribution in [-0.2, 0) is 15.9 Å². The molecular formula is C12H23N3O3. The molecule has 0 bridgehead atoms. The first-order valence-corrected chi connectivity index (χ1v) is 6.35. The largest absolute Gasteiger partial charge is 0.383 e. The number of nitrogens with zero attached hydrogens (tertiary/aromatic N) is 2. The number of likely N-dealkylation sites (N-methyl/N-ethyl adjacent to an activating group) is 1. The van der Waals surface area contributed by atoms with Gasteiger partial charge in [0.05, 0.1) is 6.61 Å². The zero-order valence-electron chi connectivity index (χ0n) is 11.6. The van der Waals surface area contributed by atoms with Crippen molar-refractivity contribution >= 4 is 0 Å². The molecule has 104 valence electrons. The van der Waals surface area contributed by atoms with Gasteiger partial charge in [0.1, 0.15) is 6.10 Å². The maximum Gasteiger partial charge on any atom is 0.228 e. The molecule has 1 aromatic heterocycles. The van der Waals surface area contributed by atoms with Crippen LogP contribution in [-0.4, -0.2) is 43.6 Å². The van der Waals surface area contributed by atoms with Crippen molar-refractivity contribution in [2.24, 2.45) is 0 Å². The molecule has 0 fully saturated rings. The molecule has 2 unspecified atom stereocenters. The molecule has 0 saturated carbocycles. The highest BCUT2D eigenvalue weighted by molar-refractivity contribution is 4.93. The Morgan fingerprint density at radius 1 is 1.39 bits per heavy atom. The monoisotopic (exact) mass is 257 g/mol. The zero-order valence-corrected chi connectivity index (χ0v) is 11.6. The maximum atomic E-state index is 5.54. The average Bonchev–Trinajstić information content (AvgIpc) is 2.83. The molecule has 0 aromatic carbocycles. The van der Waals surface area contributed by atoms with Gasteiger partial charge in [-0.2, -0.15) is 4.98 Å². The highest BCUT2D eigenvalue weighted by Gasteiger charge is 2.18. The fourth-order valence-electron chi connectivity index (χ4n) is 1.71. The number of hydrogen-bond acceptors (Lipinski definition) is 6. The van der Waals surface area contributed by atoms with E-state index in [1.54, 1.807) is 7.11 Å². The van der Waals surface area contributed by atoms with Crippen LogP contribution in [0.3, 0.4) is 0 Å². The van der Waals surface area contributed by atoms with Gasteiger partial charge in [0.2, 0.25) is 11.7 Å². The summed E-state index contributed by atoms with van der Waals surface area (Å²) >= 11 is 0. The lowest BCUT2D eigenvalue weighted by Crippen LogP contribution is -2.32. The molecule has 0 spiro atoms. The number of hydrogen-bond donors (Lipinski definition) is 1. The molecule has 0 aliphatic carbocycles. The first-order chi connectivity index (χ1) is 8.74. The molecule has 0 aliphatic heterocycles. The number of rotatable bonds is 9. The van der Waals surface area contributed by atoms with E-state index in [0.29, 0.717) is 31.3 Å². The second kappa shape index (κ2) is 8.18. The standard InChI is InChI=1S/C12H23N3O3/c1-5-10(17-6-2)12-14-11(18-15-12)7-9(13-3)8-16-4/h9-10,13H,5-8H2,1-4H3. The molecule has 1 N–H and O–H groups in total. The second-order valence-electron chi connectivity index (χ2n) is 4.04. The average molecular weight is 257 g/mol. The zero-order chi connectivity index (χ0) is 13.4. The predicted octanol–water partition coefficient (Wildman–Crippen LogP) is 1.33. The van der Waals surface area contributed by atoms with Gasteiger partial charge in [-0.25, -0.2) is 0 Å². The molecule has 1 heterocycles. The quantitative estimate of drug-likeness (QED) is 0.720. The topological polar surface area (TPSA) is 69.4 Å². The third-order valence-electron chi connectivity index (χ3n) is 2.71. The molecule has 18 heavy (non-hydrogen) atoms. The van der Waals surface area contributed by atoms with Crippen molar-refractivity contribution in [2.75, 3.05) is 27.4 Å². The Morgan fingerprint density at radius 3 is 2.72 bits per heavy atom. The Kier molecular flexibility index (Phi) is 6.85. The van der Waals surface area contributed by atoms with E-state index in [0.717, 1.165) is 6.42 Å². The summed E-state index contributed by atoms with van der Waals surface area (Å²) < 4.78 is 15.9. The summed E-state index contributed by atoms with van der Waals surface area (Å²) in [4.78, 5) is 4.37. The van der Waals surface area contributed by atoms with Crippen molar-refractivity contribution in [2.45, 2.75) is 38.8 Å². The molecule has 1 aromatic rings. The molecule has 0 saturated heterocycles. The summed E-state index contributed by atoms with van der Waals surface area (Å²) in [5, 5.41) is 7.12. The fourth-order valence-corrected chi connectivity index (χ4v) is 1.71. The Hall–Kier alpha value is -0.980. The minimum Gasteiger partial charge on any atom is -0.383 e. The molecule has 6 heteroatoms. The van der Waals surface area contributed by atoms with Gasteiger partial charge in [-0.3, -0.25) is 0 Å². The second-order valence-corrected chi connectivity index (χ2v) is 4.04. The van der Waals surface area contributed by atoms with E-state index in [1.165, 1.54) is 0 Å². The van der Waals surface area contributed by atoms with Gasteiger partial charge in [0.15, 0.2) is 0 Å². The van der Waals surface area contributed by atoms with Crippen molar-refractivity contribution < 1.29 is 14.0 Å². The lowest BCUT2D eigenvalue weighted by molar-refractivity contribution is 0.0518. The summed E-state index contributed by atoms with van der Waals surface area (Å²) in [5.41, 5.74) is 0. The number of nitrogens with one attached hydrogen (secondary N) is 1. The van der Waals surface area contributed by atoms with E-state index in [-0.39, 0.29) is 12.1 Å². The van der Waals surface area contributed by atoms with E-state index in [9.17, 15) is 0 Å². The summed E-state index contributed by atoms with van der Waals surface area (Å²) in [6.45, 7) is 5.25. The highest BCUT2D eigenvalue weighted by Crippen LogP contribution is 2.18. The maximum absolute atomic E-state index is 5.54. The summed E-state index contributed by atoms with van der Waals surface area (Å²) in [5.74, 6) is 1.24. The highest BCUT2D eigenvalue weighted by atomic mass is 16.5. The predicted molar refractivity (Wildman–Crippen MR) is 67.4 cm³/mol. The van der Waals surface area contributed by atoms with Crippen LogP contribution >= 0.6 is 0 Å². The van der Waals surface area contributed by atoms with Gasteiger partial charge in [-0.15, -0.1) is 0 Å². The fraction of sp³-hybridized carbons (Fsp3) is 0.833. The Balaban J connectivity index is 2.61. The van der Waals surface area contributed by atoms with Crippen molar-refractivity contribution in [1.29, 1.82) is 0 Å². The number of ether oxygens (including phenoxy) is 2. The molecule has 6 nitrogen and oxygen atoms in total. The van der Waals surface area contributed by atoms with E-state index in [4.69, 9.17) is 14.0 Å². The van der Waals surface area contributed by atoms with Gasteiger partial charge in [-0.05, 0) is 20.4 Å². The summed E-state index contributed by atoms with van der Waals surface area (Å²) in [6, 6.07) is 0.176. The van der Waals surface area contributed by atoms with Gasteiger partial charge >= 0.3 is 0 Å². The molecule has 0 amide bonds. The minimum absolute atomic E-state index is 0.0806. The third kappa shape index (κ3) is 4.36. The molecule has 1 rings (SSSR count). The van der Waals surface area contributed by atoms with E-state index in [1.807, 2.05) is 20.9 Å². The van der Waals surface area contributed by atoms with Gasteiger partial charge in [-0.1, -0.05) is 12.1 Å². The van der Waals surface area contributed by atoms with Crippen molar-refractivity contribution in [1.82, 2.24) is 15.5 Å². The van der Waals surface area contributed by atoms with Crippen LogP contribution in [0.25, 0.3) is 0 Å². The van der Waals surface area contributed by atoms with E-state index in [2.05, 4.69) is 15.5 Å². The molecule has 0 aliphatic rings. The first-order valence-electron chi connectivity index (χ1n) is 6.35. The van der Waals surface area contributed by atoms with Gasteiger partial charge < -0.3 is 19.3 Å². The van der Waals surface area contributed by atoms with Crippen LogP contribution in [0.1, 0.15) is 38.1 Å². The van der Waals surface area contributed by atoms with Crippen molar-refractivity contribution in [3.8, 4) is 0 Å². The molecule has 0 radical (unpaired) electrons. The SMILES string of the molecule is CCOC(CC)c1noc(CC(COC)NC)n1. The summed E-state index contributed by atoms with van der Waals surface area (Å²) in [6.07, 6.45) is 1.41. The lowest BCUT2D eigenvalue weighted by atomic mass is 10.2.